The lowest BCUT2D eigenvalue weighted by Gasteiger charge is -2.08. The van der Waals surface area contributed by atoms with Crippen molar-refractivity contribution in [3.05, 3.63) is 28.8 Å². The summed E-state index contributed by atoms with van der Waals surface area (Å²) in [6, 6.07) is 4.30. The second-order valence-corrected chi connectivity index (χ2v) is 4.32. The van der Waals surface area contributed by atoms with Crippen LogP contribution in [-0.4, -0.2) is 24.4 Å². The van der Waals surface area contributed by atoms with E-state index in [9.17, 15) is 14.4 Å². The molecule has 0 saturated carbocycles. The number of hydrogen-bond donors (Lipinski definition) is 2. The van der Waals surface area contributed by atoms with Crippen molar-refractivity contribution in [1.29, 1.82) is 0 Å². The number of carbonyl (C=O) groups excluding carboxylic acids is 3. The number of ether oxygens (including phenoxy) is 1. The van der Waals surface area contributed by atoms with Crippen molar-refractivity contribution in [2.75, 3.05) is 11.9 Å². The molecule has 7 heteroatoms. The number of hydrogen-bond acceptors (Lipinski definition) is 4. The molecule has 0 aliphatic heterocycles. The minimum absolute atomic E-state index is 0.0210. The molecule has 0 aliphatic carbocycles. The average Bonchev–Trinajstić information content (AvgIpc) is 2.39. The van der Waals surface area contributed by atoms with E-state index in [-0.39, 0.29) is 35.7 Å². The van der Waals surface area contributed by atoms with Crippen molar-refractivity contribution in [1.82, 2.24) is 0 Å². The highest BCUT2D eigenvalue weighted by Gasteiger charge is 2.11. The second kappa shape index (κ2) is 7.49. The minimum atomic E-state index is -0.622. The van der Waals surface area contributed by atoms with Gasteiger partial charge in [0.2, 0.25) is 11.8 Å². The largest absolute Gasteiger partial charge is 0.466 e. The van der Waals surface area contributed by atoms with E-state index in [4.69, 9.17) is 22.1 Å². The zero-order chi connectivity index (χ0) is 15.1. The molecule has 108 valence electrons. The van der Waals surface area contributed by atoms with Gasteiger partial charge in [-0.2, -0.15) is 0 Å². The molecule has 0 aliphatic rings. The van der Waals surface area contributed by atoms with E-state index in [2.05, 4.69) is 5.32 Å². The van der Waals surface area contributed by atoms with Gasteiger partial charge in [-0.3, -0.25) is 14.4 Å². The smallest absolute Gasteiger partial charge is 0.306 e. The highest BCUT2D eigenvalue weighted by molar-refractivity contribution is 6.33. The topological polar surface area (TPSA) is 98.5 Å². The number of esters is 1. The fraction of sp³-hybridized carbons (Fsp3) is 0.308. The Labute approximate surface area is 121 Å². The summed E-state index contributed by atoms with van der Waals surface area (Å²) >= 11 is 5.90. The van der Waals surface area contributed by atoms with Crippen LogP contribution in [0.25, 0.3) is 0 Å². The number of primary amides is 1. The van der Waals surface area contributed by atoms with Crippen LogP contribution < -0.4 is 11.1 Å². The number of benzene rings is 1. The van der Waals surface area contributed by atoms with Gasteiger partial charge in [0.15, 0.2) is 0 Å². The summed E-state index contributed by atoms with van der Waals surface area (Å²) in [6.07, 6.45) is -0.0528. The maximum Gasteiger partial charge on any atom is 0.306 e. The van der Waals surface area contributed by atoms with Gasteiger partial charge in [0.05, 0.1) is 23.7 Å². The maximum absolute atomic E-state index is 11.7. The predicted molar refractivity (Wildman–Crippen MR) is 74.5 cm³/mol. The zero-order valence-electron chi connectivity index (χ0n) is 10.9. The first-order chi connectivity index (χ1) is 9.43. The lowest BCUT2D eigenvalue weighted by molar-refractivity contribution is -0.144. The molecule has 0 bridgehead atoms. The Balaban J connectivity index is 2.63. The number of rotatable bonds is 6. The van der Waals surface area contributed by atoms with Crippen LogP contribution in [0.15, 0.2) is 18.2 Å². The molecule has 1 aromatic rings. The van der Waals surface area contributed by atoms with Crippen LogP contribution in [0.2, 0.25) is 5.02 Å². The lowest BCUT2D eigenvalue weighted by Crippen LogP contribution is -2.16. The Hall–Kier alpha value is -2.08. The van der Waals surface area contributed by atoms with Gasteiger partial charge in [-0.25, -0.2) is 0 Å². The number of carbonyl (C=O) groups is 3. The molecule has 0 spiro atoms. The molecular weight excluding hydrogens is 284 g/mol. The first kappa shape index (κ1) is 16.0. The molecule has 2 amide bonds. The van der Waals surface area contributed by atoms with Gasteiger partial charge in [-0.15, -0.1) is 0 Å². The highest BCUT2D eigenvalue weighted by atomic mass is 35.5. The van der Waals surface area contributed by atoms with Gasteiger partial charge in [0.1, 0.15) is 0 Å². The van der Waals surface area contributed by atoms with E-state index < -0.39 is 17.8 Å². The fourth-order valence-corrected chi connectivity index (χ4v) is 1.60. The van der Waals surface area contributed by atoms with E-state index in [0.717, 1.165) is 0 Å². The third kappa shape index (κ3) is 4.89. The number of nitrogens with one attached hydrogen (secondary N) is 1. The fourth-order valence-electron chi connectivity index (χ4n) is 1.44. The summed E-state index contributed by atoms with van der Waals surface area (Å²) in [5, 5.41) is 2.79. The van der Waals surface area contributed by atoms with Crippen LogP contribution in [0.5, 0.6) is 0 Å². The van der Waals surface area contributed by atoms with Crippen LogP contribution in [-0.2, 0) is 14.3 Å². The summed E-state index contributed by atoms with van der Waals surface area (Å²) in [5.74, 6) is -1.47. The Morgan fingerprint density at radius 2 is 2.00 bits per heavy atom. The maximum atomic E-state index is 11.7. The molecule has 1 rings (SSSR count). The zero-order valence-corrected chi connectivity index (χ0v) is 11.7. The number of nitrogens with two attached hydrogens (primary N) is 1. The van der Waals surface area contributed by atoms with Crippen LogP contribution in [0.3, 0.4) is 0 Å². The van der Waals surface area contributed by atoms with Crippen molar-refractivity contribution in [2.24, 2.45) is 5.73 Å². The van der Waals surface area contributed by atoms with Crippen LogP contribution >= 0.6 is 11.6 Å². The summed E-state index contributed by atoms with van der Waals surface area (Å²) < 4.78 is 4.71. The van der Waals surface area contributed by atoms with Crippen molar-refractivity contribution >= 4 is 35.1 Å². The molecule has 20 heavy (non-hydrogen) atoms. The van der Waals surface area contributed by atoms with Crippen molar-refractivity contribution in [3.8, 4) is 0 Å². The molecule has 0 heterocycles. The van der Waals surface area contributed by atoms with Crippen molar-refractivity contribution in [3.63, 3.8) is 0 Å². The predicted octanol–water partition coefficient (Wildman–Crippen LogP) is 1.72. The third-order valence-electron chi connectivity index (χ3n) is 2.39. The molecule has 0 aromatic heterocycles. The van der Waals surface area contributed by atoms with Gasteiger partial charge >= 0.3 is 5.97 Å². The van der Waals surface area contributed by atoms with Crippen LogP contribution in [0.4, 0.5) is 5.69 Å². The van der Waals surface area contributed by atoms with Crippen molar-refractivity contribution in [2.45, 2.75) is 19.8 Å². The Morgan fingerprint density at radius 1 is 1.30 bits per heavy atom. The third-order valence-corrected chi connectivity index (χ3v) is 2.72. The van der Waals surface area contributed by atoms with Crippen molar-refractivity contribution < 1.29 is 19.1 Å². The van der Waals surface area contributed by atoms with E-state index in [1.165, 1.54) is 18.2 Å². The lowest BCUT2D eigenvalue weighted by atomic mass is 10.2. The molecule has 0 atom stereocenters. The van der Waals surface area contributed by atoms with Crippen LogP contribution in [0.1, 0.15) is 30.1 Å². The molecule has 6 nitrogen and oxygen atoms in total. The first-order valence-corrected chi connectivity index (χ1v) is 6.36. The Kier molecular flexibility index (Phi) is 5.99. The highest BCUT2D eigenvalue weighted by Crippen LogP contribution is 2.23. The molecule has 0 fully saturated rings. The molecule has 0 radical (unpaired) electrons. The number of amides is 2. The Morgan fingerprint density at radius 3 is 2.60 bits per heavy atom. The minimum Gasteiger partial charge on any atom is -0.466 e. The molecule has 3 N–H and O–H groups in total. The van der Waals surface area contributed by atoms with E-state index in [0.29, 0.717) is 0 Å². The standard InChI is InChI=1S/C13H15ClN2O4/c1-2-20-12(18)6-5-11(17)16-10-7-8(13(15)19)3-4-9(10)14/h3-4,7H,2,5-6H2,1H3,(H2,15,19)(H,16,17). The van der Waals surface area contributed by atoms with Gasteiger partial charge in [-0.1, -0.05) is 11.6 Å². The molecular formula is C13H15ClN2O4. The van der Waals surface area contributed by atoms with E-state index in [1.54, 1.807) is 6.92 Å². The van der Waals surface area contributed by atoms with Gasteiger partial charge in [0.25, 0.3) is 0 Å². The normalized spacial score (nSPS) is 9.90. The average molecular weight is 299 g/mol. The number of halogens is 1. The van der Waals surface area contributed by atoms with E-state index >= 15 is 0 Å². The summed E-state index contributed by atoms with van der Waals surface area (Å²) in [4.78, 5) is 33.8. The summed E-state index contributed by atoms with van der Waals surface area (Å²) in [5.41, 5.74) is 5.65. The summed E-state index contributed by atoms with van der Waals surface area (Å²) in [7, 11) is 0. The summed E-state index contributed by atoms with van der Waals surface area (Å²) in [6.45, 7) is 1.96. The molecule has 0 unspecified atom stereocenters. The number of anilines is 1. The SMILES string of the molecule is CCOC(=O)CCC(=O)Nc1cc(C(N)=O)ccc1Cl. The first-order valence-electron chi connectivity index (χ1n) is 5.99. The molecule has 0 saturated heterocycles. The van der Waals surface area contributed by atoms with Gasteiger partial charge in [-0.05, 0) is 25.1 Å². The van der Waals surface area contributed by atoms with Crippen LogP contribution in [0, 0.1) is 0 Å². The monoisotopic (exact) mass is 298 g/mol. The van der Waals surface area contributed by atoms with E-state index in [1.807, 2.05) is 0 Å². The second-order valence-electron chi connectivity index (χ2n) is 3.91. The van der Waals surface area contributed by atoms with Gasteiger partial charge in [0, 0.05) is 12.0 Å². The molecule has 1 aromatic carbocycles. The Bertz CT molecular complexity index is 531. The quantitative estimate of drug-likeness (QED) is 0.781. The van der Waals surface area contributed by atoms with Gasteiger partial charge < -0.3 is 15.8 Å².